The van der Waals surface area contributed by atoms with Gasteiger partial charge in [0.2, 0.25) is 5.91 Å². The molecule has 0 radical (unpaired) electrons. The van der Waals surface area contributed by atoms with Crippen LogP contribution in [0.15, 0.2) is 98.0 Å². The summed E-state index contributed by atoms with van der Waals surface area (Å²) in [7, 11) is 1.85. The highest BCUT2D eigenvalue weighted by Gasteiger charge is 2.37. The largest absolute Gasteiger partial charge is 0.374 e. The number of amides is 1. The standard InChI is InChI=1S/C37H38Cl2N4O2/c1-3-4-5-6-7-8-9-10-14-36(44)42-35-23-31(26-12-11-13-30(39)21-26)32-22-28(17-20-33(32)41-35)37(45,34-24-40-25-43(34)2)27-15-18-29(38)19-16-27/h3,11-13,15-25,45H,1,4-10,14H2,2H3,(H,41,42,44). The smallest absolute Gasteiger partial charge is 0.225 e. The summed E-state index contributed by atoms with van der Waals surface area (Å²) in [5.74, 6) is 0.412. The number of allylic oxidation sites excluding steroid dienone is 1. The molecule has 2 aromatic heterocycles. The Hall–Kier alpha value is -3.97. The van der Waals surface area contributed by atoms with E-state index in [4.69, 9.17) is 28.2 Å². The molecular weight excluding hydrogens is 603 g/mol. The Labute approximate surface area is 274 Å². The van der Waals surface area contributed by atoms with Gasteiger partial charge in [0.05, 0.1) is 23.7 Å². The summed E-state index contributed by atoms with van der Waals surface area (Å²) in [5, 5.41) is 17.5. The molecule has 0 spiro atoms. The van der Waals surface area contributed by atoms with Crippen molar-refractivity contribution in [1.29, 1.82) is 0 Å². The number of pyridine rings is 1. The summed E-state index contributed by atoms with van der Waals surface area (Å²) in [6.07, 6.45) is 13.3. The van der Waals surface area contributed by atoms with E-state index in [-0.39, 0.29) is 5.91 Å². The highest BCUT2D eigenvalue weighted by molar-refractivity contribution is 6.31. The van der Waals surface area contributed by atoms with Crippen molar-refractivity contribution in [2.75, 3.05) is 5.32 Å². The maximum atomic E-state index is 12.9. The third kappa shape index (κ3) is 7.64. The van der Waals surface area contributed by atoms with Crippen LogP contribution in [0.2, 0.25) is 10.0 Å². The highest BCUT2D eigenvalue weighted by Crippen LogP contribution is 2.40. The van der Waals surface area contributed by atoms with Crippen molar-refractivity contribution < 1.29 is 9.90 Å². The monoisotopic (exact) mass is 640 g/mol. The number of aryl methyl sites for hydroxylation is 1. The number of nitrogens with zero attached hydrogens (tertiary/aromatic N) is 3. The van der Waals surface area contributed by atoms with E-state index in [9.17, 15) is 9.90 Å². The number of imidazole rings is 1. The van der Waals surface area contributed by atoms with Gasteiger partial charge in [-0.15, -0.1) is 6.58 Å². The summed E-state index contributed by atoms with van der Waals surface area (Å²) in [6.45, 7) is 3.77. The summed E-state index contributed by atoms with van der Waals surface area (Å²) in [6, 6.07) is 22.3. The highest BCUT2D eigenvalue weighted by atomic mass is 35.5. The molecule has 1 atom stereocenters. The Morgan fingerprint density at radius 1 is 0.933 bits per heavy atom. The number of carbonyl (C=O) groups is 1. The van der Waals surface area contributed by atoms with Gasteiger partial charge in [0.15, 0.2) is 5.60 Å². The molecule has 0 saturated carbocycles. The molecule has 5 aromatic rings. The van der Waals surface area contributed by atoms with Crippen LogP contribution in [0.3, 0.4) is 0 Å². The fourth-order valence-corrected chi connectivity index (χ4v) is 6.07. The zero-order valence-corrected chi connectivity index (χ0v) is 27.0. The van der Waals surface area contributed by atoms with Crippen molar-refractivity contribution in [3.8, 4) is 11.1 Å². The van der Waals surface area contributed by atoms with Gasteiger partial charge in [-0.1, -0.05) is 85.3 Å². The van der Waals surface area contributed by atoms with Gasteiger partial charge in [0.25, 0.3) is 0 Å². The number of unbranched alkanes of at least 4 members (excludes halogenated alkanes) is 6. The van der Waals surface area contributed by atoms with Crippen LogP contribution >= 0.6 is 23.2 Å². The molecular formula is C37H38Cl2N4O2. The first kappa shape index (κ1) is 32.4. The molecule has 45 heavy (non-hydrogen) atoms. The van der Waals surface area contributed by atoms with Crippen LogP contribution in [0.25, 0.3) is 22.0 Å². The van der Waals surface area contributed by atoms with Gasteiger partial charge >= 0.3 is 0 Å². The number of aromatic nitrogens is 3. The van der Waals surface area contributed by atoms with Crippen molar-refractivity contribution in [3.63, 3.8) is 0 Å². The minimum absolute atomic E-state index is 0.0597. The van der Waals surface area contributed by atoms with Crippen molar-refractivity contribution in [1.82, 2.24) is 14.5 Å². The summed E-state index contributed by atoms with van der Waals surface area (Å²) >= 11 is 12.6. The normalized spacial score (nSPS) is 12.6. The van der Waals surface area contributed by atoms with E-state index in [0.717, 1.165) is 42.2 Å². The molecule has 0 fully saturated rings. The SMILES string of the molecule is C=CCCCCCCCCC(=O)Nc1cc(-c2cccc(Cl)c2)c2cc(C(O)(c3ccc(Cl)cc3)c3cncn3C)ccc2n1. The van der Waals surface area contributed by atoms with Gasteiger partial charge in [-0.05, 0) is 84.0 Å². The van der Waals surface area contributed by atoms with Crippen molar-refractivity contribution in [3.05, 3.63) is 125 Å². The first-order valence-electron chi connectivity index (χ1n) is 15.4. The Balaban J connectivity index is 1.48. The van der Waals surface area contributed by atoms with Crippen molar-refractivity contribution in [2.45, 2.75) is 57.0 Å². The minimum atomic E-state index is -1.53. The second-order valence-electron chi connectivity index (χ2n) is 11.4. The molecule has 0 aliphatic rings. The third-order valence-corrected chi connectivity index (χ3v) is 8.63. The first-order valence-corrected chi connectivity index (χ1v) is 16.1. The number of halogens is 2. The molecule has 0 aliphatic carbocycles. The predicted octanol–water partition coefficient (Wildman–Crippen LogP) is 9.47. The number of fused-ring (bicyclic) bond motifs is 1. The molecule has 3 aromatic carbocycles. The van der Waals surface area contributed by atoms with Crippen LogP contribution in [0.5, 0.6) is 0 Å². The summed E-state index contributed by atoms with van der Waals surface area (Å²) < 4.78 is 1.80. The topological polar surface area (TPSA) is 80.0 Å². The molecule has 232 valence electrons. The summed E-state index contributed by atoms with van der Waals surface area (Å²) in [5.41, 5.74) is 2.72. The lowest BCUT2D eigenvalue weighted by Crippen LogP contribution is -2.31. The van der Waals surface area contributed by atoms with Gasteiger partial charge in [0.1, 0.15) is 5.82 Å². The van der Waals surface area contributed by atoms with Crippen LogP contribution < -0.4 is 5.32 Å². The lowest BCUT2D eigenvalue weighted by molar-refractivity contribution is -0.116. The van der Waals surface area contributed by atoms with Crippen LogP contribution in [0.4, 0.5) is 5.82 Å². The molecule has 5 rings (SSSR count). The van der Waals surface area contributed by atoms with Crippen molar-refractivity contribution in [2.24, 2.45) is 7.05 Å². The lowest BCUT2D eigenvalue weighted by Gasteiger charge is -2.30. The van der Waals surface area contributed by atoms with E-state index in [0.29, 0.717) is 44.6 Å². The zero-order valence-electron chi connectivity index (χ0n) is 25.5. The van der Waals surface area contributed by atoms with E-state index < -0.39 is 5.60 Å². The maximum absolute atomic E-state index is 12.9. The molecule has 2 N–H and O–H groups in total. The Kier molecular flexibility index (Phi) is 10.7. The van der Waals surface area contributed by atoms with Crippen LogP contribution in [0, 0.1) is 0 Å². The molecule has 0 bridgehead atoms. The number of hydrogen-bond acceptors (Lipinski definition) is 4. The Morgan fingerprint density at radius 3 is 2.38 bits per heavy atom. The molecule has 2 heterocycles. The molecule has 0 aliphatic heterocycles. The lowest BCUT2D eigenvalue weighted by atomic mass is 9.82. The average molecular weight is 642 g/mol. The molecule has 1 unspecified atom stereocenters. The van der Waals surface area contributed by atoms with Gasteiger partial charge in [-0.25, -0.2) is 9.97 Å². The maximum Gasteiger partial charge on any atom is 0.225 e. The van der Waals surface area contributed by atoms with E-state index in [1.807, 2.05) is 73.8 Å². The van der Waals surface area contributed by atoms with Gasteiger partial charge in [0, 0.05) is 28.9 Å². The first-order chi connectivity index (χ1) is 21.8. The minimum Gasteiger partial charge on any atom is -0.374 e. The van der Waals surface area contributed by atoms with Crippen LogP contribution in [0.1, 0.15) is 68.2 Å². The van der Waals surface area contributed by atoms with Crippen molar-refractivity contribution >= 4 is 45.8 Å². The summed E-state index contributed by atoms with van der Waals surface area (Å²) in [4.78, 5) is 22.0. The molecule has 8 heteroatoms. The second-order valence-corrected chi connectivity index (χ2v) is 12.3. The number of hydrogen-bond donors (Lipinski definition) is 2. The quantitative estimate of drug-likeness (QED) is 0.0935. The predicted molar refractivity (Wildman–Crippen MR) is 185 cm³/mol. The number of rotatable bonds is 14. The molecule has 6 nitrogen and oxygen atoms in total. The van der Waals surface area contributed by atoms with Gasteiger partial charge < -0.3 is 15.0 Å². The second kappa shape index (κ2) is 14.9. The number of nitrogens with one attached hydrogen (secondary N) is 1. The van der Waals surface area contributed by atoms with E-state index >= 15 is 0 Å². The fourth-order valence-electron chi connectivity index (χ4n) is 5.76. The molecule has 1 amide bonds. The van der Waals surface area contributed by atoms with E-state index in [1.165, 1.54) is 19.3 Å². The Bertz CT molecular complexity index is 1780. The van der Waals surface area contributed by atoms with E-state index in [2.05, 4.69) is 16.9 Å². The number of carbonyl (C=O) groups excluding carboxylic acids is 1. The van der Waals surface area contributed by atoms with Gasteiger partial charge in [-0.2, -0.15) is 0 Å². The zero-order chi connectivity index (χ0) is 31.8. The number of benzene rings is 3. The van der Waals surface area contributed by atoms with E-state index in [1.54, 1.807) is 29.2 Å². The number of anilines is 1. The van der Waals surface area contributed by atoms with Crippen LogP contribution in [-0.4, -0.2) is 25.5 Å². The fraction of sp³-hybridized carbons (Fsp3) is 0.270. The average Bonchev–Trinajstić information content (AvgIpc) is 3.48. The third-order valence-electron chi connectivity index (χ3n) is 8.14. The Morgan fingerprint density at radius 2 is 1.67 bits per heavy atom. The number of aliphatic hydroxyl groups is 1. The van der Waals surface area contributed by atoms with Crippen LogP contribution in [-0.2, 0) is 17.4 Å². The van der Waals surface area contributed by atoms with Gasteiger partial charge in [-0.3, -0.25) is 4.79 Å². The molecule has 0 saturated heterocycles.